The van der Waals surface area contributed by atoms with Crippen LogP contribution in [-0.2, 0) is 0 Å². The van der Waals surface area contributed by atoms with E-state index < -0.39 is 17.4 Å². The molecule has 22 heavy (non-hydrogen) atoms. The molecule has 2 fully saturated rings. The molecular formula is C16H16F2N2OS. The number of rotatable bonds is 3. The van der Waals surface area contributed by atoms with Gasteiger partial charge in [0.05, 0.1) is 15.8 Å². The summed E-state index contributed by atoms with van der Waals surface area (Å²) >= 11 is 1.48. The lowest BCUT2D eigenvalue weighted by atomic mass is 9.84. The van der Waals surface area contributed by atoms with E-state index in [1.807, 2.05) is 11.4 Å². The molecule has 2 bridgehead atoms. The Morgan fingerprint density at radius 1 is 1.27 bits per heavy atom. The summed E-state index contributed by atoms with van der Waals surface area (Å²) in [5, 5.41) is 4.97. The van der Waals surface area contributed by atoms with Crippen molar-refractivity contribution in [2.45, 2.75) is 44.1 Å². The summed E-state index contributed by atoms with van der Waals surface area (Å²) in [5.74, 6) is -0.165. The highest BCUT2D eigenvalue weighted by atomic mass is 32.1. The Labute approximate surface area is 130 Å². The van der Waals surface area contributed by atoms with Gasteiger partial charge >= 0.3 is 0 Å². The van der Waals surface area contributed by atoms with E-state index in [4.69, 9.17) is 0 Å². The molecule has 1 N–H and O–H groups in total. The number of nitrogens with one attached hydrogen (secondary N) is 1. The molecule has 0 unspecified atom stereocenters. The molecule has 6 heteroatoms. The molecule has 2 aromatic rings. The van der Waals surface area contributed by atoms with E-state index in [9.17, 15) is 13.6 Å². The number of thiophene rings is 1. The van der Waals surface area contributed by atoms with Gasteiger partial charge in [-0.2, -0.15) is 0 Å². The fraction of sp³-hybridized carbons (Fsp3) is 0.500. The summed E-state index contributed by atoms with van der Waals surface area (Å²) in [6.07, 6.45) is 2.06. The number of hydrogen-bond acceptors (Lipinski definition) is 3. The summed E-state index contributed by atoms with van der Waals surface area (Å²) in [7, 11) is 0. The van der Waals surface area contributed by atoms with Gasteiger partial charge in [-0.05, 0) is 49.6 Å². The summed E-state index contributed by atoms with van der Waals surface area (Å²) in [6.45, 7) is 0. The highest BCUT2D eigenvalue weighted by Gasteiger charge is 2.59. The number of carbonyl (C=O) groups excluding carboxylic acids is 1. The van der Waals surface area contributed by atoms with Crippen LogP contribution < -0.4 is 5.32 Å². The maximum Gasteiger partial charge on any atom is 0.253 e. The topological polar surface area (TPSA) is 42.0 Å². The summed E-state index contributed by atoms with van der Waals surface area (Å²) < 4.78 is 27.5. The third kappa shape index (κ3) is 1.96. The van der Waals surface area contributed by atoms with Crippen molar-refractivity contribution in [3.63, 3.8) is 0 Å². The third-order valence-electron chi connectivity index (χ3n) is 5.32. The van der Waals surface area contributed by atoms with Gasteiger partial charge in [0.2, 0.25) is 6.43 Å². The molecular weight excluding hydrogens is 306 g/mol. The SMILES string of the molecule is O=C(NC12CCC(C(F)F)(CC1)C2)c1ccnc2ccsc12. The van der Waals surface area contributed by atoms with Crippen LogP contribution in [0.4, 0.5) is 8.78 Å². The number of aromatic nitrogens is 1. The zero-order valence-electron chi connectivity index (χ0n) is 11.9. The normalized spacial score (nSPS) is 30.3. The maximum atomic E-state index is 13.3. The van der Waals surface area contributed by atoms with Crippen molar-refractivity contribution in [3.05, 3.63) is 29.3 Å². The van der Waals surface area contributed by atoms with E-state index in [2.05, 4.69) is 10.3 Å². The number of pyridine rings is 1. The zero-order chi connectivity index (χ0) is 15.4. The highest BCUT2D eigenvalue weighted by molar-refractivity contribution is 7.17. The van der Waals surface area contributed by atoms with Crippen molar-refractivity contribution in [3.8, 4) is 0 Å². The molecule has 0 spiro atoms. The first-order chi connectivity index (χ1) is 10.5. The number of nitrogens with zero attached hydrogens (tertiary/aromatic N) is 1. The molecule has 2 saturated carbocycles. The lowest BCUT2D eigenvalue weighted by molar-refractivity contribution is 0.00161. The van der Waals surface area contributed by atoms with E-state index in [1.165, 1.54) is 11.3 Å². The fourth-order valence-corrected chi connectivity index (χ4v) is 4.94. The van der Waals surface area contributed by atoms with Crippen LogP contribution >= 0.6 is 11.3 Å². The van der Waals surface area contributed by atoms with Gasteiger partial charge in [-0.1, -0.05) is 0 Å². The Morgan fingerprint density at radius 2 is 2.05 bits per heavy atom. The van der Waals surface area contributed by atoms with Gasteiger partial charge in [0.25, 0.3) is 5.91 Å². The third-order valence-corrected chi connectivity index (χ3v) is 6.26. The zero-order valence-corrected chi connectivity index (χ0v) is 12.8. The predicted octanol–water partition coefficient (Wildman–Crippen LogP) is 3.99. The summed E-state index contributed by atoms with van der Waals surface area (Å²) in [6, 6.07) is 3.58. The van der Waals surface area contributed by atoms with Crippen LogP contribution in [0.2, 0.25) is 0 Å². The highest BCUT2D eigenvalue weighted by Crippen LogP contribution is 2.59. The number of carbonyl (C=O) groups is 1. The largest absolute Gasteiger partial charge is 0.347 e. The van der Waals surface area contributed by atoms with Crippen molar-refractivity contribution in [2.75, 3.05) is 0 Å². The Hall–Kier alpha value is -1.56. The molecule has 2 aliphatic carbocycles. The number of fused-ring (bicyclic) bond motifs is 3. The van der Waals surface area contributed by atoms with E-state index in [0.29, 0.717) is 37.7 Å². The minimum absolute atomic E-state index is 0.165. The Balaban J connectivity index is 1.60. The molecule has 2 aliphatic rings. The van der Waals surface area contributed by atoms with Gasteiger partial charge in [-0.15, -0.1) is 11.3 Å². The van der Waals surface area contributed by atoms with Gasteiger partial charge in [-0.3, -0.25) is 9.78 Å². The summed E-state index contributed by atoms with van der Waals surface area (Å²) in [5.41, 5.74) is 0.0789. The van der Waals surface area contributed by atoms with Crippen molar-refractivity contribution in [1.29, 1.82) is 0 Å². The lowest BCUT2D eigenvalue weighted by Crippen LogP contribution is -2.45. The average Bonchev–Trinajstić information content (AvgIpc) is 3.19. The van der Waals surface area contributed by atoms with Crippen molar-refractivity contribution in [2.24, 2.45) is 5.41 Å². The van der Waals surface area contributed by atoms with E-state index >= 15 is 0 Å². The number of hydrogen-bond donors (Lipinski definition) is 1. The minimum Gasteiger partial charge on any atom is -0.347 e. The molecule has 0 saturated heterocycles. The fourth-order valence-electron chi connectivity index (χ4n) is 4.08. The molecule has 0 atom stereocenters. The first-order valence-corrected chi connectivity index (χ1v) is 8.35. The van der Waals surface area contributed by atoms with Crippen LogP contribution in [0, 0.1) is 5.41 Å². The second kappa shape index (κ2) is 4.72. The van der Waals surface area contributed by atoms with Crippen LogP contribution in [-0.4, -0.2) is 22.9 Å². The van der Waals surface area contributed by atoms with Gasteiger partial charge in [0.1, 0.15) is 0 Å². The minimum atomic E-state index is -2.29. The van der Waals surface area contributed by atoms with Gasteiger partial charge < -0.3 is 5.32 Å². The molecule has 4 rings (SSSR count). The smallest absolute Gasteiger partial charge is 0.253 e. The molecule has 3 nitrogen and oxygen atoms in total. The second-order valence-electron chi connectivity index (χ2n) is 6.57. The van der Waals surface area contributed by atoms with Gasteiger partial charge in [0, 0.05) is 17.2 Å². The van der Waals surface area contributed by atoms with Crippen molar-refractivity contribution < 1.29 is 13.6 Å². The predicted molar refractivity (Wildman–Crippen MR) is 81.3 cm³/mol. The van der Waals surface area contributed by atoms with Gasteiger partial charge in [0.15, 0.2) is 0 Å². The van der Waals surface area contributed by atoms with Crippen LogP contribution in [0.3, 0.4) is 0 Å². The molecule has 0 aromatic carbocycles. The molecule has 0 radical (unpaired) electrons. The molecule has 1 amide bonds. The van der Waals surface area contributed by atoms with E-state index in [-0.39, 0.29) is 5.91 Å². The number of alkyl halides is 2. The van der Waals surface area contributed by atoms with Crippen LogP contribution in [0.1, 0.15) is 42.5 Å². The monoisotopic (exact) mass is 322 g/mol. The van der Waals surface area contributed by atoms with Crippen LogP contribution in [0.15, 0.2) is 23.7 Å². The quantitative estimate of drug-likeness (QED) is 0.928. The molecule has 0 aliphatic heterocycles. The Morgan fingerprint density at radius 3 is 2.73 bits per heavy atom. The van der Waals surface area contributed by atoms with E-state index in [0.717, 1.165) is 10.2 Å². The number of amides is 1. The van der Waals surface area contributed by atoms with Crippen LogP contribution in [0.5, 0.6) is 0 Å². The van der Waals surface area contributed by atoms with Crippen molar-refractivity contribution >= 4 is 27.5 Å². The van der Waals surface area contributed by atoms with Crippen LogP contribution in [0.25, 0.3) is 10.2 Å². The lowest BCUT2D eigenvalue weighted by Gasteiger charge is -2.28. The standard InChI is InChI=1S/C16H16F2N2OS/c17-14(18)15-3-5-16(9-15,6-4-15)20-13(21)10-1-7-19-11-2-8-22-12(10)11/h1-2,7-8,14H,3-6,9H2,(H,20,21). The van der Waals surface area contributed by atoms with E-state index in [1.54, 1.807) is 12.3 Å². The number of halogens is 2. The Kier molecular flexibility index (Phi) is 3.01. The average molecular weight is 322 g/mol. The summed E-state index contributed by atoms with van der Waals surface area (Å²) in [4.78, 5) is 16.9. The first-order valence-electron chi connectivity index (χ1n) is 7.47. The van der Waals surface area contributed by atoms with Crippen molar-refractivity contribution in [1.82, 2.24) is 10.3 Å². The first kappa shape index (κ1) is 14.1. The molecule has 2 aromatic heterocycles. The Bertz CT molecular complexity index is 735. The second-order valence-corrected chi connectivity index (χ2v) is 7.48. The molecule has 116 valence electrons. The maximum absolute atomic E-state index is 13.3. The molecule has 2 heterocycles. The van der Waals surface area contributed by atoms with Gasteiger partial charge in [-0.25, -0.2) is 8.78 Å².